The minimum Gasteiger partial charge on any atom is -0.325 e. The van der Waals surface area contributed by atoms with Gasteiger partial charge in [0, 0.05) is 10.9 Å². The largest absolute Gasteiger partial charge is 0.325 e. The lowest BCUT2D eigenvalue weighted by atomic mass is 9.96. The van der Waals surface area contributed by atoms with Crippen LogP contribution in [0.1, 0.15) is 19.4 Å². The van der Waals surface area contributed by atoms with Crippen LogP contribution >= 0.6 is 15.9 Å². The van der Waals surface area contributed by atoms with Gasteiger partial charge in [0.05, 0.1) is 5.52 Å². The Morgan fingerprint density at radius 1 is 1.47 bits per heavy atom. The molecule has 80 valence electrons. The van der Waals surface area contributed by atoms with Gasteiger partial charge < -0.3 is 5.73 Å². The average molecular weight is 268 g/mol. The summed E-state index contributed by atoms with van der Waals surface area (Å²) in [5.74, 6) is 0. The Kier molecular flexibility index (Phi) is 2.56. The van der Waals surface area contributed by atoms with Gasteiger partial charge in [0.2, 0.25) is 0 Å². The number of aromatic nitrogens is 2. The van der Waals surface area contributed by atoms with Gasteiger partial charge in [0.15, 0.2) is 0 Å². The molecule has 0 atom stereocenters. The topological polar surface area (TPSA) is 54.7 Å². The van der Waals surface area contributed by atoms with Crippen LogP contribution < -0.4 is 5.73 Å². The first-order valence-corrected chi connectivity index (χ1v) is 5.66. The summed E-state index contributed by atoms with van der Waals surface area (Å²) < 4.78 is 0.925. The van der Waals surface area contributed by atoms with Gasteiger partial charge in [0.25, 0.3) is 0 Å². The van der Waals surface area contributed by atoms with Crippen LogP contribution in [-0.4, -0.2) is 15.7 Å². The highest BCUT2D eigenvalue weighted by molar-refractivity contribution is 9.10. The number of hydrogen-bond acceptors (Lipinski definition) is 2. The lowest BCUT2D eigenvalue weighted by Gasteiger charge is -2.18. The van der Waals surface area contributed by atoms with Crippen LogP contribution in [0.25, 0.3) is 10.9 Å². The van der Waals surface area contributed by atoms with E-state index in [1.807, 2.05) is 19.9 Å². The molecule has 0 aliphatic rings. The van der Waals surface area contributed by atoms with Crippen molar-refractivity contribution in [1.29, 1.82) is 0 Å². The maximum Gasteiger partial charge on any atom is 0.108 e. The van der Waals surface area contributed by atoms with E-state index in [0.29, 0.717) is 0 Å². The van der Waals surface area contributed by atoms with Crippen LogP contribution in [0, 0.1) is 0 Å². The molecule has 15 heavy (non-hydrogen) atoms. The molecule has 3 nitrogen and oxygen atoms in total. The quantitative estimate of drug-likeness (QED) is 0.879. The van der Waals surface area contributed by atoms with Crippen molar-refractivity contribution in [3.8, 4) is 0 Å². The van der Waals surface area contributed by atoms with Crippen molar-refractivity contribution >= 4 is 26.8 Å². The summed E-state index contributed by atoms with van der Waals surface area (Å²) in [4.78, 5) is 0. The fraction of sp³-hybridized carbons (Fsp3) is 0.364. The van der Waals surface area contributed by atoms with Gasteiger partial charge in [-0.3, -0.25) is 5.10 Å². The number of benzene rings is 1. The minimum atomic E-state index is -0.177. The predicted molar refractivity (Wildman–Crippen MR) is 65.8 cm³/mol. The first-order chi connectivity index (χ1) is 6.96. The predicted octanol–water partition coefficient (Wildman–Crippen LogP) is 2.61. The summed E-state index contributed by atoms with van der Waals surface area (Å²) in [6, 6.07) is 6.21. The Morgan fingerprint density at radius 2 is 2.20 bits per heavy atom. The molecule has 0 fully saturated rings. The first kappa shape index (κ1) is 10.6. The molecule has 1 aromatic carbocycles. The molecule has 0 saturated carbocycles. The van der Waals surface area contributed by atoms with E-state index in [9.17, 15) is 0 Å². The highest BCUT2D eigenvalue weighted by atomic mass is 79.9. The number of H-pyrrole nitrogens is 1. The summed E-state index contributed by atoms with van der Waals surface area (Å²) in [5, 5.41) is 8.16. The number of nitrogens with zero attached hydrogens (tertiary/aromatic N) is 1. The third kappa shape index (κ3) is 2.38. The van der Waals surface area contributed by atoms with Gasteiger partial charge in [-0.1, -0.05) is 6.07 Å². The molecule has 4 heteroatoms. The van der Waals surface area contributed by atoms with Crippen LogP contribution in [0.15, 0.2) is 22.8 Å². The fourth-order valence-corrected chi connectivity index (χ4v) is 2.07. The number of nitrogens with one attached hydrogen (secondary N) is 1. The summed E-state index contributed by atoms with van der Waals surface area (Å²) in [6.45, 7) is 4.06. The van der Waals surface area contributed by atoms with Gasteiger partial charge in [-0.15, -0.1) is 0 Å². The Balaban J connectivity index is 2.42. The van der Waals surface area contributed by atoms with E-state index in [1.165, 1.54) is 5.56 Å². The first-order valence-electron chi connectivity index (χ1n) is 4.87. The van der Waals surface area contributed by atoms with Crippen molar-refractivity contribution in [3.63, 3.8) is 0 Å². The second-order valence-corrected chi connectivity index (χ2v) is 5.35. The van der Waals surface area contributed by atoms with Gasteiger partial charge in [0.1, 0.15) is 4.60 Å². The molecule has 2 rings (SSSR count). The van der Waals surface area contributed by atoms with Crippen molar-refractivity contribution in [1.82, 2.24) is 10.2 Å². The Hall–Kier alpha value is -0.870. The van der Waals surface area contributed by atoms with E-state index in [1.54, 1.807) is 0 Å². The van der Waals surface area contributed by atoms with Gasteiger partial charge in [-0.05, 0) is 53.9 Å². The normalized spacial score (nSPS) is 12.3. The van der Waals surface area contributed by atoms with E-state index in [4.69, 9.17) is 5.73 Å². The molecule has 0 unspecified atom stereocenters. The number of nitrogens with two attached hydrogens (primary N) is 1. The molecule has 0 amide bonds. The number of rotatable bonds is 2. The highest BCUT2D eigenvalue weighted by Gasteiger charge is 2.12. The monoisotopic (exact) mass is 267 g/mol. The molecule has 1 heterocycles. The zero-order valence-corrected chi connectivity index (χ0v) is 10.4. The fourth-order valence-electron chi connectivity index (χ4n) is 1.66. The molecule has 1 aromatic heterocycles. The zero-order chi connectivity index (χ0) is 11.1. The molecule has 0 saturated heterocycles. The second-order valence-electron chi connectivity index (χ2n) is 4.55. The van der Waals surface area contributed by atoms with E-state index in [0.717, 1.165) is 21.9 Å². The van der Waals surface area contributed by atoms with Crippen molar-refractivity contribution in [2.24, 2.45) is 5.73 Å². The number of hydrogen-bond donors (Lipinski definition) is 2. The van der Waals surface area contributed by atoms with E-state index >= 15 is 0 Å². The summed E-state index contributed by atoms with van der Waals surface area (Å²) in [7, 11) is 0. The van der Waals surface area contributed by atoms with Crippen molar-refractivity contribution in [2.45, 2.75) is 25.8 Å². The molecular formula is C11H14BrN3. The Morgan fingerprint density at radius 3 is 2.87 bits per heavy atom. The Bertz CT molecular complexity index is 482. The van der Waals surface area contributed by atoms with E-state index in [-0.39, 0.29) is 5.54 Å². The number of halogens is 1. The molecule has 2 aromatic rings. The van der Waals surface area contributed by atoms with Gasteiger partial charge >= 0.3 is 0 Å². The molecular weight excluding hydrogens is 254 g/mol. The SMILES string of the molecule is CC(C)(N)Cc1ccc2n[nH]c(Br)c2c1. The van der Waals surface area contributed by atoms with Crippen LogP contribution in [0.3, 0.4) is 0 Å². The Labute approximate surface area is 97.2 Å². The molecule has 0 aliphatic heterocycles. The molecule has 0 bridgehead atoms. The summed E-state index contributed by atoms with van der Waals surface area (Å²) in [6.07, 6.45) is 0.862. The zero-order valence-electron chi connectivity index (χ0n) is 8.84. The number of fused-ring (bicyclic) bond motifs is 1. The van der Waals surface area contributed by atoms with Crippen LogP contribution in [-0.2, 0) is 6.42 Å². The lowest BCUT2D eigenvalue weighted by molar-refractivity contribution is 0.517. The summed E-state index contributed by atoms with van der Waals surface area (Å²) >= 11 is 3.43. The third-order valence-corrected chi connectivity index (χ3v) is 2.84. The standard InChI is InChI=1S/C11H14BrN3/c1-11(2,13)6-7-3-4-9-8(5-7)10(12)15-14-9/h3-5H,6,13H2,1-2H3,(H,14,15). The van der Waals surface area contributed by atoms with Crippen molar-refractivity contribution in [3.05, 3.63) is 28.4 Å². The number of aromatic amines is 1. The van der Waals surface area contributed by atoms with Gasteiger partial charge in [-0.25, -0.2) is 0 Å². The highest BCUT2D eigenvalue weighted by Crippen LogP contribution is 2.23. The average Bonchev–Trinajstić information content (AvgIpc) is 2.45. The third-order valence-electron chi connectivity index (χ3n) is 2.23. The molecule has 0 spiro atoms. The van der Waals surface area contributed by atoms with Gasteiger partial charge in [-0.2, -0.15) is 5.10 Å². The maximum absolute atomic E-state index is 5.99. The smallest absolute Gasteiger partial charge is 0.108 e. The minimum absolute atomic E-state index is 0.177. The van der Waals surface area contributed by atoms with Crippen LogP contribution in [0.2, 0.25) is 0 Å². The van der Waals surface area contributed by atoms with Crippen molar-refractivity contribution < 1.29 is 0 Å². The lowest BCUT2D eigenvalue weighted by Crippen LogP contribution is -2.34. The van der Waals surface area contributed by atoms with Crippen LogP contribution in [0.4, 0.5) is 0 Å². The second kappa shape index (κ2) is 3.61. The van der Waals surface area contributed by atoms with E-state index in [2.05, 4.69) is 38.3 Å². The summed E-state index contributed by atoms with van der Waals surface area (Å²) in [5.41, 5.74) is 8.02. The molecule has 0 radical (unpaired) electrons. The van der Waals surface area contributed by atoms with Crippen LogP contribution in [0.5, 0.6) is 0 Å². The maximum atomic E-state index is 5.99. The molecule has 0 aliphatic carbocycles. The van der Waals surface area contributed by atoms with E-state index < -0.39 is 0 Å². The molecule has 3 N–H and O–H groups in total. The van der Waals surface area contributed by atoms with Crippen molar-refractivity contribution in [2.75, 3.05) is 0 Å².